The minimum Gasteiger partial charge on any atom is -0.371 e. The van der Waals surface area contributed by atoms with Gasteiger partial charge in [-0.05, 0) is 67.3 Å². The first-order valence-electron chi connectivity index (χ1n) is 12.1. The van der Waals surface area contributed by atoms with E-state index in [1.165, 1.54) is 12.1 Å². The molecule has 2 N–H and O–H groups in total. The van der Waals surface area contributed by atoms with E-state index in [0.29, 0.717) is 30.9 Å². The molecule has 39 heavy (non-hydrogen) atoms. The Bertz CT molecular complexity index is 1300. The smallest absolute Gasteiger partial charge is 0.371 e. The van der Waals surface area contributed by atoms with Crippen molar-refractivity contribution in [2.75, 3.05) is 23.3 Å². The molecule has 4 rings (SSSR count). The molecule has 6 nitrogen and oxygen atoms in total. The molecule has 2 heterocycles. The van der Waals surface area contributed by atoms with Gasteiger partial charge in [0.2, 0.25) is 0 Å². The van der Waals surface area contributed by atoms with Crippen LogP contribution in [0.5, 0.6) is 0 Å². The van der Waals surface area contributed by atoms with Crippen molar-refractivity contribution >= 4 is 23.2 Å². The topological polar surface area (TPSA) is 74.3 Å². The molecule has 1 fully saturated rings. The molecule has 0 aliphatic carbocycles. The Morgan fingerprint density at radius 2 is 1.51 bits per heavy atom. The maximum atomic E-state index is 13.2. The standard InChI is InChI=1S/C27H24F6N4O2/c28-26(29,30)19-11-18(12-20(13-19)27(31,32)33)24(38)36-21-6-7-23(37-9-2-1-3-10-37)22(14-21)25(39)35-16-17-5-4-8-34-15-17/h4-8,11-15H,1-3,9-10,16H2,(H,35,39)(H,36,38). The van der Waals surface area contributed by atoms with Gasteiger partial charge >= 0.3 is 12.4 Å². The number of rotatable bonds is 6. The summed E-state index contributed by atoms with van der Waals surface area (Å²) in [4.78, 5) is 32.0. The third-order valence-electron chi connectivity index (χ3n) is 6.22. The molecule has 2 amide bonds. The summed E-state index contributed by atoms with van der Waals surface area (Å²) < 4.78 is 79.4. The predicted molar refractivity (Wildman–Crippen MR) is 132 cm³/mol. The lowest BCUT2D eigenvalue weighted by Crippen LogP contribution is -2.32. The molecule has 1 aromatic heterocycles. The van der Waals surface area contributed by atoms with Crippen molar-refractivity contribution in [3.8, 4) is 0 Å². The van der Waals surface area contributed by atoms with E-state index >= 15 is 0 Å². The van der Waals surface area contributed by atoms with Crippen LogP contribution in [-0.4, -0.2) is 29.9 Å². The normalized spacial score (nSPS) is 14.2. The number of pyridine rings is 1. The Balaban J connectivity index is 1.63. The molecule has 3 aromatic rings. The van der Waals surface area contributed by atoms with Gasteiger partial charge in [-0.2, -0.15) is 26.3 Å². The molecule has 0 unspecified atom stereocenters. The van der Waals surface area contributed by atoms with Gasteiger partial charge in [-0.15, -0.1) is 0 Å². The number of halogens is 6. The molecule has 0 bridgehead atoms. The van der Waals surface area contributed by atoms with Crippen LogP contribution in [0, 0.1) is 0 Å². The first-order chi connectivity index (χ1) is 18.4. The van der Waals surface area contributed by atoms with Gasteiger partial charge in [-0.1, -0.05) is 6.07 Å². The zero-order chi connectivity index (χ0) is 28.2. The molecule has 2 aromatic carbocycles. The molecule has 0 radical (unpaired) electrons. The number of piperidine rings is 1. The van der Waals surface area contributed by atoms with Crippen LogP contribution in [0.25, 0.3) is 0 Å². The maximum absolute atomic E-state index is 13.2. The number of hydrogen-bond donors (Lipinski definition) is 2. The second kappa shape index (κ2) is 11.3. The number of anilines is 2. The van der Waals surface area contributed by atoms with E-state index in [9.17, 15) is 35.9 Å². The molecule has 0 spiro atoms. The van der Waals surface area contributed by atoms with Crippen LogP contribution in [-0.2, 0) is 18.9 Å². The number of carbonyl (C=O) groups excluding carboxylic acids is 2. The second-order valence-electron chi connectivity index (χ2n) is 9.07. The van der Waals surface area contributed by atoms with Crippen LogP contribution in [0.1, 0.15) is 56.7 Å². The zero-order valence-corrected chi connectivity index (χ0v) is 20.5. The number of nitrogens with one attached hydrogen (secondary N) is 2. The summed E-state index contributed by atoms with van der Waals surface area (Å²) in [6, 6.07) is 8.58. The van der Waals surface area contributed by atoms with Crippen molar-refractivity contribution in [2.24, 2.45) is 0 Å². The number of benzene rings is 2. The highest BCUT2D eigenvalue weighted by Gasteiger charge is 2.37. The van der Waals surface area contributed by atoms with E-state index in [-0.39, 0.29) is 23.9 Å². The van der Waals surface area contributed by atoms with E-state index in [4.69, 9.17) is 0 Å². The number of hydrogen-bond acceptors (Lipinski definition) is 4. The number of nitrogens with zero attached hydrogens (tertiary/aromatic N) is 2. The van der Waals surface area contributed by atoms with E-state index in [1.807, 2.05) is 4.90 Å². The van der Waals surface area contributed by atoms with Crippen LogP contribution in [0.2, 0.25) is 0 Å². The van der Waals surface area contributed by atoms with Crippen LogP contribution in [0.3, 0.4) is 0 Å². The first-order valence-corrected chi connectivity index (χ1v) is 12.1. The number of amides is 2. The SMILES string of the molecule is O=C(Nc1ccc(N2CCCCC2)c(C(=O)NCc2cccnc2)c1)c1cc(C(F)(F)F)cc(C(F)(F)F)c1. The minimum absolute atomic E-state index is 0.0401. The molecule has 1 aliphatic heterocycles. The molecule has 206 valence electrons. The summed E-state index contributed by atoms with van der Waals surface area (Å²) in [5, 5.41) is 5.12. The summed E-state index contributed by atoms with van der Waals surface area (Å²) >= 11 is 0. The molecule has 1 aliphatic rings. The minimum atomic E-state index is -5.09. The summed E-state index contributed by atoms with van der Waals surface area (Å²) in [5.74, 6) is -1.65. The van der Waals surface area contributed by atoms with E-state index in [0.717, 1.165) is 24.8 Å². The monoisotopic (exact) mass is 550 g/mol. The van der Waals surface area contributed by atoms with Crippen molar-refractivity contribution in [2.45, 2.75) is 38.2 Å². The Kier molecular flexibility index (Phi) is 8.12. The average Bonchev–Trinajstić information content (AvgIpc) is 2.91. The van der Waals surface area contributed by atoms with Gasteiger partial charge in [0.25, 0.3) is 11.8 Å². The Labute approximate surface area is 220 Å². The fourth-order valence-corrected chi connectivity index (χ4v) is 4.28. The Morgan fingerprint density at radius 3 is 2.10 bits per heavy atom. The zero-order valence-electron chi connectivity index (χ0n) is 20.5. The van der Waals surface area contributed by atoms with Gasteiger partial charge in [0.15, 0.2) is 0 Å². The average molecular weight is 551 g/mol. The lowest BCUT2D eigenvalue weighted by molar-refractivity contribution is -0.143. The molecular formula is C27H24F6N4O2. The number of alkyl halides is 6. The largest absolute Gasteiger partial charge is 0.416 e. The van der Waals surface area contributed by atoms with Crippen molar-refractivity contribution < 1.29 is 35.9 Å². The summed E-state index contributed by atoms with van der Waals surface area (Å²) in [6.45, 7) is 1.59. The quantitative estimate of drug-likeness (QED) is 0.354. The van der Waals surface area contributed by atoms with E-state index < -0.39 is 40.9 Å². The Morgan fingerprint density at radius 1 is 0.846 bits per heavy atom. The third kappa shape index (κ3) is 7.06. The fourth-order valence-electron chi connectivity index (χ4n) is 4.28. The van der Waals surface area contributed by atoms with Crippen LogP contribution < -0.4 is 15.5 Å². The first kappa shape index (κ1) is 27.9. The van der Waals surface area contributed by atoms with Gasteiger partial charge in [0.1, 0.15) is 0 Å². The lowest BCUT2D eigenvalue weighted by Gasteiger charge is -2.30. The number of carbonyl (C=O) groups is 2. The number of aromatic nitrogens is 1. The van der Waals surface area contributed by atoms with Crippen LogP contribution in [0.15, 0.2) is 60.9 Å². The van der Waals surface area contributed by atoms with Crippen molar-refractivity contribution in [1.29, 1.82) is 0 Å². The van der Waals surface area contributed by atoms with E-state index in [2.05, 4.69) is 15.6 Å². The third-order valence-corrected chi connectivity index (χ3v) is 6.22. The van der Waals surface area contributed by atoms with Gasteiger partial charge in [-0.3, -0.25) is 14.6 Å². The highest BCUT2D eigenvalue weighted by Crippen LogP contribution is 2.36. The van der Waals surface area contributed by atoms with Crippen molar-refractivity contribution in [3.05, 3.63) is 88.7 Å². The van der Waals surface area contributed by atoms with Gasteiger partial charge < -0.3 is 15.5 Å². The molecule has 0 saturated carbocycles. The maximum Gasteiger partial charge on any atom is 0.416 e. The highest BCUT2D eigenvalue weighted by atomic mass is 19.4. The van der Waals surface area contributed by atoms with Gasteiger partial charge in [0.05, 0.1) is 16.7 Å². The van der Waals surface area contributed by atoms with Gasteiger partial charge in [-0.25, -0.2) is 0 Å². The summed E-state index contributed by atoms with van der Waals surface area (Å²) in [5.41, 5.74) is -2.41. The molecule has 1 saturated heterocycles. The van der Waals surface area contributed by atoms with E-state index in [1.54, 1.807) is 30.6 Å². The Hall–Kier alpha value is -4.09. The van der Waals surface area contributed by atoms with Crippen LogP contribution in [0.4, 0.5) is 37.7 Å². The second-order valence-corrected chi connectivity index (χ2v) is 9.07. The molecule has 12 heteroatoms. The van der Waals surface area contributed by atoms with Crippen molar-refractivity contribution in [1.82, 2.24) is 10.3 Å². The molecule has 0 atom stereocenters. The van der Waals surface area contributed by atoms with Crippen molar-refractivity contribution in [3.63, 3.8) is 0 Å². The van der Waals surface area contributed by atoms with Gasteiger partial charge in [0, 0.05) is 49.0 Å². The molecular weight excluding hydrogens is 526 g/mol. The lowest BCUT2D eigenvalue weighted by atomic mass is 10.0. The predicted octanol–water partition coefficient (Wildman–Crippen LogP) is 6.29. The fraction of sp³-hybridized carbons (Fsp3) is 0.296. The van der Waals surface area contributed by atoms with Crippen LogP contribution >= 0.6 is 0 Å². The summed E-state index contributed by atoms with van der Waals surface area (Å²) in [6.07, 6.45) is -4.11. The summed E-state index contributed by atoms with van der Waals surface area (Å²) in [7, 11) is 0. The highest BCUT2D eigenvalue weighted by molar-refractivity contribution is 6.06.